The maximum Gasteiger partial charge on any atom is 0.318 e. The Kier molecular flexibility index (Phi) is 6.07. The monoisotopic (exact) mass is 393 g/mol. The summed E-state index contributed by atoms with van der Waals surface area (Å²) < 4.78 is 20.8. The molecule has 144 valence electrons. The van der Waals surface area contributed by atoms with Crippen molar-refractivity contribution in [3.8, 4) is 11.4 Å². The van der Waals surface area contributed by atoms with Gasteiger partial charge in [-0.15, -0.1) is 10.2 Å². The van der Waals surface area contributed by atoms with E-state index in [1.54, 1.807) is 19.1 Å². The lowest BCUT2D eigenvalue weighted by Crippen LogP contribution is -2.39. The Morgan fingerprint density at radius 3 is 2.78 bits per heavy atom. The highest BCUT2D eigenvalue weighted by Crippen LogP contribution is 2.29. The van der Waals surface area contributed by atoms with Crippen molar-refractivity contribution in [3.63, 3.8) is 0 Å². The molecule has 0 aliphatic carbocycles. The highest BCUT2D eigenvalue weighted by atomic mass is 32.2. The van der Waals surface area contributed by atoms with Crippen molar-refractivity contribution in [1.29, 1.82) is 0 Å². The number of thioether (sulfide) groups is 1. The van der Waals surface area contributed by atoms with Crippen LogP contribution < -0.4 is 11.1 Å². The summed E-state index contributed by atoms with van der Waals surface area (Å²) in [7, 11) is 0. The minimum absolute atomic E-state index is 0.0225. The zero-order chi connectivity index (χ0) is 19.4. The molecule has 10 heteroatoms. The van der Waals surface area contributed by atoms with Crippen molar-refractivity contribution in [2.24, 2.45) is 5.73 Å². The van der Waals surface area contributed by atoms with Crippen molar-refractivity contribution >= 4 is 23.7 Å². The SMILES string of the molecule is C[C@H](Sc1nnc(-c2ccc(F)cc2)n1C[C@@H]1CCCO1)C(=O)NC(N)=O. The van der Waals surface area contributed by atoms with Crippen LogP contribution in [0.1, 0.15) is 19.8 Å². The van der Waals surface area contributed by atoms with Gasteiger partial charge in [-0.3, -0.25) is 14.7 Å². The van der Waals surface area contributed by atoms with E-state index < -0.39 is 17.2 Å². The van der Waals surface area contributed by atoms with Crippen LogP contribution in [0.15, 0.2) is 29.4 Å². The summed E-state index contributed by atoms with van der Waals surface area (Å²) in [6, 6.07) is 5.07. The highest BCUT2D eigenvalue weighted by molar-refractivity contribution is 8.00. The second kappa shape index (κ2) is 8.49. The maximum absolute atomic E-state index is 13.3. The Hall–Kier alpha value is -2.46. The fourth-order valence-electron chi connectivity index (χ4n) is 2.78. The van der Waals surface area contributed by atoms with E-state index in [9.17, 15) is 14.0 Å². The van der Waals surface area contributed by atoms with Crippen LogP contribution in [0, 0.1) is 5.82 Å². The van der Waals surface area contributed by atoms with E-state index in [2.05, 4.69) is 15.5 Å². The van der Waals surface area contributed by atoms with Crippen LogP contribution in [-0.2, 0) is 16.1 Å². The first-order valence-corrected chi connectivity index (χ1v) is 9.39. The van der Waals surface area contributed by atoms with Crippen molar-refractivity contribution in [2.75, 3.05) is 6.61 Å². The molecule has 0 unspecified atom stereocenters. The topological polar surface area (TPSA) is 112 Å². The van der Waals surface area contributed by atoms with Crippen LogP contribution in [0.25, 0.3) is 11.4 Å². The Bertz CT molecular complexity index is 820. The fourth-order valence-corrected chi connectivity index (χ4v) is 3.64. The number of hydrogen-bond donors (Lipinski definition) is 2. The number of carbonyl (C=O) groups is 2. The Morgan fingerprint density at radius 2 is 2.15 bits per heavy atom. The molecule has 8 nitrogen and oxygen atoms in total. The molecule has 2 heterocycles. The number of imide groups is 1. The third-order valence-corrected chi connectivity index (χ3v) is 5.21. The van der Waals surface area contributed by atoms with Crippen molar-refractivity contribution in [3.05, 3.63) is 30.1 Å². The number of nitrogens with one attached hydrogen (secondary N) is 1. The normalized spacial score (nSPS) is 17.6. The Balaban J connectivity index is 1.87. The van der Waals surface area contributed by atoms with E-state index in [4.69, 9.17) is 10.5 Å². The Labute approximate surface area is 159 Å². The van der Waals surface area contributed by atoms with E-state index in [0.717, 1.165) is 24.6 Å². The summed E-state index contributed by atoms with van der Waals surface area (Å²) >= 11 is 1.16. The second-order valence-electron chi connectivity index (χ2n) is 6.17. The molecule has 0 spiro atoms. The first kappa shape index (κ1) is 19.3. The first-order valence-electron chi connectivity index (χ1n) is 8.51. The average Bonchev–Trinajstić information content (AvgIpc) is 3.26. The van der Waals surface area contributed by atoms with Gasteiger partial charge < -0.3 is 10.5 Å². The zero-order valence-electron chi connectivity index (χ0n) is 14.7. The molecular formula is C17H20FN5O3S. The van der Waals surface area contributed by atoms with Crippen LogP contribution in [0.2, 0.25) is 0 Å². The number of carbonyl (C=O) groups excluding carboxylic acids is 2. The lowest BCUT2D eigenvalue weighted by molar-refractivity contribution is -0.119. The highest BCUT2D eigenvalue weighted by Gasteiger charge is 2.25. The van der Waals surface area contributed by atoms with Crippen molar-refractivity contribution in [2.45, 2.75) is 42.8 Å². The van der Waals surface area contributed by atoms with Gasteiger partial charge in [0.15, 0.2) is 11.0 Å². The third kappa shape index (κ3) is 4.83. The predicted molar refractivity (Wildman–Crippen MR) is 97.4 cm³/mol. The standard InChI is InChI=1S/C17H20FN5O3S/c1-10(15(24)20-16(19)25)27-17-22-21-14(11-4-6-12(18)7-5-11)23(17)9-13-3-2-8-26-13/h4-7,10,13H,2-3,8-9H2,1H3,(H3,19,20,24,25)/t10-,13-/m0/s1. The molecule has 27 heavy (non-hydrogen) atoms. The lowest BCUT2D eigenvalue weighted by Gasteiger charge is -2.16. The Morgan fingerprint density at radius 1 is 1.41 bits per heavy atom. The molecule has 1 aliphatic heterocycles. The summed E-state index contributed by atoms with van der Waals surface area (Å²) in [5.74, 6) is -0.284. The molecular weight excluding hydrogens is 373 g/mol. The quantitative estimate of drug-likeness (QED) is 0.726. The minimum Gasteiger partial charge on any atom is -0.376 e. The van der Waals surface area contributed by atoms with Crippen molar-refractivity contribution < 1.29 is 18.7 Å². The molecule has 1 fully saturated rings. The summed E-state index contributed by atoms with van der Waals surface area (Å²) in [5, 5.41) is 10.4. The number of hydrogen-bond acceptors (Lipinski definition) is 6. The van der Waals surface area contributed by atoms with Gasteiger partial charge in [0, 0.05) is 12.2 Å². The zero-order valence-corrected chi connectivity index (χ0v) is 15.5. The fraction of sp³-hybridized carbons (Fsp3) is 0.412. The molecule has 0 radical (unpaired) electrons. The van der Waals surface area contributed by atoms with Gasteiger partial charge in [-0.1, -0.05) is 11.8 Å². The van der Waals surface area contributed by atoms with Crippen LogP contribution >= 0.6 is 11.8 Å². The molecule has 1 saturated heterocycles. The number of nitrogens with zero attached hydrogens (tertiary/aromatic N) is 3. The number of aromatic nitrogens is 3. The molecule has 1 aromatic carbocycles. The molecule has 1 aliphatic rings. The minimum atomic E-state index is -0.903. The van der Waals surface area contributed by atoms with E-state index in [1.165, 1.54) is 12.1 Å². The van der Waals surface area contributed by atoms with Gasteiger partial charge in [0.1, 0.15) is 5.82 Å². The number of primary amides is 1. The molecule has 3 N–H and O–H groups in total. The maximum atomic E-state index is 13.3. The smallest absolute Gasteiger partial charge is 0.318 e. The second-order valence-corrected chi connectivity index (χ2v) is 7.48. The lowest BCUT2D eigenvalue weighted by atomic mass is 10.2. The van der Waals surface area contributed by atoms with Gasteiger partial charge in [-0.2, -0.15) is 0 Å². The molecule has 3 amide bonds. The summed E-state index contributed by atoms with van der Waals surface area (Å²) in [6.45, 7) is 2.87. The van der Waals surface area contributed by atoms with Crippen LogP contribution in [0.5, 0.6) is 0 Å². The third-order valence-electron chi connectivity index (χ3n) is 4.13. The van der Waals surface area contributed by atoms with Gasteiger partial charge in [0.05, 0.1) is 17.9 Å². The molecule has 3 rings (SSSR count). The van der Waals surface area contributed by atoms with Crippen LogP contribution in [0.3, 0.4) is 0 Å². The predicted octanol–water partition coefficient (Wildman–Crippen LogP) is 1.94. The average molecular weight is 393 g/mol. The van der Waals surface area contributed by atoms with E-state index in [-0.39, 0.29) is 11.9 Å². The van der Waals surface area contributed by atoms with Crippen LogP contribution in [0.4, 0.5) is 9.18 Å². The first-order chi connectivity index (χ1) is 12.9. The summed E-state index contributed by atoms with van der Waals surface area (Å²) in [4.78, 5) is 22.9. The largest absolute Gasteiger partial charge is 0.376 e. The number of amides is 3. The van der Waals surface area contributed by atoms with Gasteiger partial charge in [-0.25, -0.2) is 9.18 Å². The molecule has 0 saturated carbocycles. The number of halogens is 1. The number of ether oxygens (including phenoxy) is 1. The van der Waals surface area contributed by atoms with Crippen LogP contribution in [-0.4, -0.2) is 44.7 Å². The molecule has 0 bridgehead atoms. The number of nitrogens with two attached hydrogens (primary N) is 1. The number of rotatable bonds is 6. The van der Waals surface area contributed by atoms with Gasteiger partial charge >= 0.3 is 6.03 Å². The van der Waals surface area contributed by atoms with E-state index in [1.807, 2.05) is 4.57 Å². The van der Waals surface area contributed by atoms with Crippen molar-refractivity contribution in [1.82, 2.24) is 20.1 Å². The van der Waals surface area contributed by atoms with E-state index in [0.29, 0.717) is 29.7 Å². The molecule has 2 atom stereocenters. The van der Waals surface area contributed by atoms with Gasteiger partial charge in [-0.05, 0) is 44.0 Å². The van der Waals surface area contributed by atoms with E-state index >= 15 is 0 Å². The molecule has 1 aromatic heterocycles. The van der Waals surface area contributed by atoms with Gasteiger partial charge in [0.25, 0.3) is 0 Å². The number of urea groups is 1. The number of benzene rings is 1. The molecule has 2 aromatic rings. The van der Waals surface area contributed by atoms with Gasteiger partial charge in [0.2, 0.25) is 5.91 Å². The summed E-state index contributed by atoms with van der Waals surface area (Å²) in [6.07, 6.45) is 1.93. The summed E-state index contributed by atoms with van der Waals surface area (Å²) in [5.41, 5.74) is 5.71.